The van der Waals surface area contributed by atoms with E-state index in [2.05, 4.69) is 42.0 Å². The van der Waals surface area contributed by atoms with E-state index in [0.29, 0.717) is 11.7 Å². The second-order valence-corrected chi connectivity index (χ2v) is 4.48. The van der Waals surface area contributed by atoms with Gasteiger partial charge >= 0.3 is 0 Å². The Morgan fingerprint density at radius 3 is 2.57 bits per heavy atom. The first kappa shape index (κ1) is 9.86. The van der Waals surface area contributed by atoms with E-state index < -0.39 is 0 Å². The summed E-state index contributed by atoms with van der Waals surface area (Å²) < 4.78 is 7.01. The standard InChI is InChI=1S/C9H6Br2N2O/c1-5-12-9(14-13-5)6-2-3-7(10)8(11)4-6/h2-4H,1H3. The van der Waals surface area contributed by atoms with Gasteiger partial charge in [0.25, 0.3) is 5.89 Å². The van der Waals surface area contributed by atoms with Gasteiger partial charge in [-0.15, -0.1) is 0 Å². The smallest absolute Gasteiger partial charge is 0.257 e. The molecular weight excluding hydrogens is 312 g/mol. The number of nitrogens with zero attached hydrogens (tertiary/aromatic N) is 2. The van der Waals surface area contributed by atoms with Gasteiger partial charge in [0.2, 0.25) is 0 Å². The molecular formula is C9H6Br2N2O. The fourth-order valence-electron chi connectivity index (χ4n) is 1.04. The number of halogens is 2. The first-order chi connectivity index (χ1) is 6.66. The first-order valence-corrected chi connectivity index (χ1v) is 5.51. The topological polar surface area (TPSA) is 38.9 Å². The van der Waals surface area contributed by atoms with E-state index in [9.17, 15) is 0 Å². The predicted molar refractivity (Wildman–Crippen MR) is 59.9 cm³/mol. The van der Waals surface area contributed by atoms with Crippen molar-refractivity contribution in [2.45, 2.75) is 6.92 Å². The van der Waals surface area contributed by atoms with Gasteiger partial charge in [-0.25, -0.2) is 0 Å². The summed E-state index contributed by atoms with van der Waals surface area (Å²) in [6.45, 7) is 1.79. The predicted octanol–water partition coefficient (Wildman–Crippen LogP) is 3.57. The molecule has 0 amide bonds. The molecule has 0 radical (unpaired) electrons. The lowest BCUT2D eigenvalue weighted by molar-refractivity contribution is 0.425. The van der Waals surface area contributed by atoms with Crippen LogP contribution in [-0.2, 0) is 0 Å². The highest BCUT2D eigenvalue weighted by Crippen LogP contribution is 2.28. The fourth-order valence-corrected chi connectivity index (χ4v) is 1.67. The minimum Gasteiger partial charge on any atom is -0.334 e. The maximum atomic E-state index is 5.05. The zero-order valence-corrected chi connectivity index (χ0v) is 10.5. The molecule has 5 heteroatoms. The van der Waals surface area contributed by atoms with E-state index >= 15 is 0 Å². The van der Waals surface area contributed by atoms with Gasteiger partial charge in [0.1, 0.15) is 0 Å². The van der Waals surface area contributed by atoms with E-state index in [4.69, 9.17) is 4.52 Å². The molecule has 0 N–H and O–H groups in total. The molecule has 0 aliphatic rings. The van der Waals surface area contributed by atoms with Gasteiger partial charge in [-0.2, -0.15) is 4.98 Å². The molecule has 14 heavy (non-hydrogen) atoms. The largest absolute Gasteiger partial charge is 0.334 e. The second kappa shape index (κ2) is 3.82. The lowest BCUT2D eigenvalue weighted by atomic mass is 10.2. The average Bonchev–Trinajstić information content (AvgIpc) is 2.57. The number of aromatic nitrogens is 2. The van der Waals surface area contributed by atoms with Crippen molar-refractivity contribution in [3.05, 3.63) is 33.0 Å². The zero-order chi connectivity index (χ0) is 10.1. The van der Waals surface area contributed by atoms with Gasteiger partial charge in [-0.05, 0) is 57.0 Å². The number of benzene rings is 1. The molecule has 1 aromatic carbocycles. The normalized spacial score (nSPS) is 10.5. The number of hydrogen-bond donors (Lipinski definition) is 0. The minimum absolute atomic E-state index is 0.538. The Kier molecular flexibility index (Phi) is 2.69. The Bertz CT molecular complexity index is 468. The molecule has 0 unspecified atom stereocenters. The molecule has 3 nitrogen and oxygen atoms in total. The third-order valence-electron chi connectivity index (χ3n) is 1.69. The molecule has 0 spiro atoms. The molecule has 2 aromatic rings. The summed E-state index contributed by atoms with van der Waals surface area (Å²) in [7, 11) is 0. The van der Waals surface area contributed by atoms with Crippen LogP contribution in [0.2, 0.25) is 0 Å². The molecule has 0 bridgehead atoms. The highest BCUT2D eigenvalue weighted by molar-refractivity contribution is 9.13. The van der Waals surface area contributed by atoms with Crippen molar-refractivity contribution in [3.63, 3.8) is 0 Å². The lowest BCUT2D eigenvalue weighted by Gasteiger charge is -1.97. The van der Waals surface area contributed by atoms with Gasteiger partial charge in [0.05, 0.1) is 0 Å². The summed E-state index contributed by atoms with van der Waals surface area (Å²) in [6, 6.07) is 5.78. The molecule has 0 saturated carbocycles. The zero-order valence-electron chi connectivity index (χ0n) is 7.29. The SMILES string of the molecule is Cc1noc(-c2ccc(Br)c(Br)c2)n1. The molecule has 0 fully saturated rings. The van der Waals surface area contributed by atoms with Crippen LogP contribution in [0.3, 0.4) is 0 Å². The summed E-state index contributed by atoms with van der Waals surface area (Å²) in [5.41, 5.74) is 0.903. The van der Waals surface area contributed by atoms with Crippen molar-refractivity contribution in [2.75, 3.05) is 0 Å². The molecule has 72 valence electrons. The van der Waals surface area contributed by atoms with Gasteiger partial charge in [0, 0.05) is 14.5 Å². The second-order valence-electron chi connectivity index (χ2n) is 2.78. The van der Waals surface area contributed by atoms with Crippen LogP contribution in [0.1, 0.15) is 5.82 Å². The van der Waals surface area contributed by atoms with Crippen LogP contribution in [0.5, 0.6) is 0 Å². The maximum Gasteiger partial charge on any atom is 0.257 e. The van der Waals surface area contributed by atoms with Gasteiger partial charge in [-0.1, -0.05) is 5.16 Å². The van der Waals surface area contributed by atoms with Crippen LogP contribution < -0.4 is 0 Å². The van der Waals surface area contributed by atoms with E-state index in [1.807, 2.05) is 18.2 Å². The average molecular weight is 318 g/mol. The molecule has 0 aliphatic heterocycles. The Morgan fingerprint density at radius 1 is 1.21 bits per heavy atom. The quantitative estimate of drug-likeness (QED) is 0.807. The summed E-state index contributed by atoms with van der Waals surface area (Å²) >= 11 is 6.81. The fraction of sp³-hybridized carbons (Fsp3) is 0.111. The van der Waals surface area contributed by atoms with Crippen LogP contribution in [0.15, 0.2) is 31.7 Å². The van der Waals surface area contributed by atoms with Crippen LogP contribution in [0.4, 0.5) is 0 Å². The Hall–Kier alpha value is -0.680. The van der Waals surface area contributed by atoms with Crippen molar-refractivity contribution in [1.29, 1.82) is 0 Å². The molecule has 2 rings (SSSR count). The summed E-state index contributed by atoms with van der Waals surface area (Å²) in [5, 5.41) is 3.73. The molecule has 0 atom stereocenters. The Labute approximate surface area is 97.8 Å². The van der Waals surface area contributed by atoms with Crippen molar-refractivity contribution in [2.24, 2.45) is 0 Å². The van der Waals surface area contributed by atoms with Gasteiger partial charge in [0.15, 0.2) is 5.82 Å². The maximum absolute atomic E-state index is 5.05. The van der Waals surface area contributed by atoms with Crippen molar-refractivity contribution in [1.82, 2.24) is 10.1 Å². The number of rotatable bonds is 1. The van der Waals surface area contributed by atoms with Crippen molar-refractivity contribution in [3.8, 4) is 11.5 Å². The van der Waals surface area contributed by atoms with E-state index in [1.54, 1.807) is 6.92 Å². The third kappa shape index (κ3) is 1.88. The van der Waals surface area contributed by atoms with E-state index in [0.717, 1.165) is 14.5 Å². The summed E-state index contributed by atoms with van der Waals surface area (Å²) in [4.78, 5) is 4.14. The van der Waals surface area contributed by atoms with Gasteiger partial charge < -0.3 is 4.52 Å². The van der Waals surface area contributed by atoms with Crippen LogP contribution in [-0.4, -0.2) is 10.1 Å². The van der Waals surface area contributed by atoms with Crippen molar-refractivity contribution < 1.29 is 4.52 Å². The van der Waals surface area contributed by atoms with Crippen LogP contribution in [0.25, 0.3) is 11.5 Å². The third-order valence-corrected chi connectivity index (χ3v) is 3.57. The summed E-state index contributed by atoms with van der Waals surface area (Å²) in [5.74, 6) is 1.18. The van der Waals surface area contributed by atoms with E-state index in [-0.39, 0.29) is 0 Å². The summed E-state index contributed by atoms with van der Waals surface area (Å²) in [6.07, 6.45) is 0. The Morgan fingerprint density at radius 2 is 2.00 bits per heavy atom. The molecule has 1 heterocycles. The van der Waals surface area contributed by atoms with Gasteiger partial charge in [-0.3, -0.25) is 0 Å². The Balaban J connectivity index is 2.47. The number of hydrogen-bond acceptors (Lipinski definition) is 3. The van der Waals surface area contributed by atoms with E-state index in [1.165, 1.54) is 0 Å². The molecule has 1 aromatic heterocycles. The van der Waals surface area contributed by atoms with Crippen LogP contribution >= 0.6 is 31.9 Å². The highest BCUT2D eigenvalue weighted by atomic mass is 79.9. The number of aryl methyl sites for hydroxylation is 1. The molecule has 0 aliphatic carbocycles. The lowest BCUT2D eigenvalue weighted by Crippen LogP contribution is -1.79. The van der Waals surface area contributed by atoms with Crippen LogP contribution in [0, 0.1) is 6.92 Å². The first-order valence-electron chi connectivity index (χ1n) is 3.92. The highest BCUT2D eigenvalue weighted by Gasteiger charge is 2.07. The minimum atomic E-state index is 0.538. The van der Waals surface area contributed by atoms with Crippen molar-refractivity contribution >= 4 is 31.9 Å². The molecule has 0 saturated heterocycles. The monoisotopic (exact) mass is 316 g/mol.